The number of aryl methyl sites for hydroxylation is 1. The molecular weight excluding hydrogens is 292 g/mol. The van der Waals surface area contributed by atoms with Gasteiger partial charge >= 0.3 is 0 Å². The van der Waals surface area contributed by atoms with E-state index in [-0.39, 0.29) is 0 Å². The molecule has 1 aromatic heterocycles. The van der Waals surface area contributed by atoms with Crippen LogP contribution in [0.5, 0.6) is 0 Å². The molecule has 0 spiro atoms. The van der Waals surface area contributed by atoms with Crippen LogP contribution in [0.1, 0.15) is 36.8 Å². The van der Waals surface area contributed by atoms with Crippen molar-refractivity contribution in [3.8, 4) is 0 Å². The topological polar surface area (TPSA) is 41.9 Å². The molecule has 5 heteroatoms. The van der Waals surface area contributed by atoms with Crippen molar-refractivity contribution in [1.29, 1.82) is 0 Å². The number of benzene rings is 1. The van der Waals surface area contributed by atoms with Crippen LogP contribution >= 0.6 is 12.2 Å². The van der Waals surface area contributed by atoms with Crippen LogP contribution in [0.3, 0.4) is 0 Å². The molecule has 0 bridgehead atoms. The van der Waals surface area contributed by atoms with Crippen molar-refractivity contribution >= 4 is 23.0 Å². The summed E-state index contributed by atoms with van der Waals surface area (Å²) in [5.74, 6) is 0. The lowest BCUT2D eigenvalue weighted by Crippen LogP contribution is -2.35. The lowest BCUT2D eigenvalue weighted by Gasteiger charge is -2.14. The fourth-order valence-corrected chi connectivity index (χ4v) is 3.10. The summed E-state index contributed by atoms with van der Waals surface area (Å²) in [7, 11) is 0. The first kappa shape index (κ1) is 15.0. The zero-order chi connectivity index (χ0) is 15.4. The van der Waals surface area contributed by atoms with E-state index in [1.54, 1.807) is 0 Å². The summed E-state index contributed by atoms with van der Waals surface area (Å²) >= 11 is 5.37. The van der Waals surface area contributed by atoms with Gasteiger partial charge in [0.15, 0.2) is 5.11 Å². The van der Waals surface area contributed by atoms with E-state index in [9.17, 15) is 0 Å². The molecular formula is C17H22N4S. The number of hydrogen-bond donors (Lipinski definition) is 2. The van der Waals surface area contributed by atoms with E-state index in [0.717, 1.165) is 12.2 Å². The number of thiocarbonyl (C=S) groups is 1. The summed E-state index contributed by atoms with van der Waals surface area (Å²) in [6, 6.07) is 9.05. The van der Waals surface area contributed by atoms with Crippen molar-refractivity contribution in [3.63, 3.8) is 0 Å². The molecule has 2 aromatic rings. The minimum absolute atomic E-state index is 0.530. The number of rotatable bonds is 4. The summed E-state index contributed by atoms with van der Waals surface area (Å²) < 4.78 is 1.92. The third-order valence-corrected chi connectivity index (χ3v) is 4.27. The molecule has 4 nitrogen and oxygen atoms in total. The predicted octanol–water partition coefficient (Wildman–Crippen LogP) is 3.47. The van der Waals surface area contributed by atoms with Gasteiger partial charge in [0.25, 0.3) is 0 Å². The zero-order valence-electron chi connectivity index (χ0n) is 12.9. The number of nitrogens with zero attached hydrogens (tertiary/aromatic N) is 2. The van der Waals surface area contributed by atoms with E-state index in [1.165, 1.54) is 36.8 Å². The van der Waals surface area contributed by atoms with Crippen molar-refractivity contribution in [3.05, 3.63) is 47.8 Å². The first-order chi connectivity index (χ1) is 10.7. The largest absolute Gasteiger partial charge is 0.360 e. The fraction of sp³-hybridized carbons (Fsp3) is 0.412. The molecule has 116 valence electrons. The minimum atomic E-state index is 0.530. The molecule has 0 aliphatic heterocycles. The number of aromatic nitrogens is 2. The first-order valence-corrected chi connectivity index (χ1v) is 8.25. The average molecular weight is 314 g/mol. The van der Waals surface area contributed by atoms with Gasteiger partial charge in [-0.15, -0.1) is 0 Å². The van der Waals surface area contributed by atoms with Crippen molar-refractivity contribution in [1.82, 2.24) is 15.1 Å². The van der Waals surface area contributed by atoms with Crippen molar-refractivity contribution in [2.24, 2.45) is 0 Å². The minimum Gasteiger partial charge on any atom is -0.360 e. The van der Waals surface area contributed by atoms with E-state index in [2.05, 4.69) is 46.9 Å². The van der Waals surface area contributed by atoms with Crippen LogP contribution in [0.25, 0.3) is 0 Å². The molecule has 1 fully saturated rings. The second-order valence-corrected chi connectivity index (χ2v) is 6.40. The molecule has 1 aliphatic rings. The molecule has 1 aromatic carbocycles. The second kappa shape index (κ2) is 6.92. The normalized spacial score (nSPS) is 15.0. The maximum atomic E-state index is 5.37. The van der Waals surface area contributed by atoms with E-state index in [0.29, 0.717) is 11.2 Å². The van der Waals surface area contributed by atoms with Crippen molar-refractivity contribution in [2.45, 2.75) is 45.2 Å². The first-order valence-electron chi connectivity index (χ1n) is 7.84. The average Bonchev–Trinajstić information content (AvgIpc) is 3.14. The Bertz CT molecular complexity index is 626. The number of hydrogen-bond acceptors (Lipinski definition) is 2. The molecule has 1 saturated carbocycles. The van der Waals surface area contributed by atoms with Crippen molar-refractivity contribution < 1.29 is 0 Å². The quantitative estimate of drug-likeness (QED) is 0.848. The van der Waals surface area contributed by atoms with Crippen molar-refractivity contribution in [2.75, 3.05) is 5.32 Å². The zero-order valence-corrected chi connectivity index (χ0v) is 13.7. The highest BCUT2D eigenvalue weighted by molar-refractivity contribution is 7.80. The molecule has 0 amide bonds. The molecule has 0 unspecified atom stereocenters. The molecule has 2 N–H and O–H groups in total. The molecule has 1 aliphatic carbocycles. The lowest BCUT2D eigenvalue weighted by molar-refractivity contribution is 0.634. The summed E-state index contributed by atoms with van der Waals surface area (Å²) in [5, 5.41) is 11.7. The molecule has 3 rings (SSSR count). The summed E-state index contributed by atoms with van der Waals surface area (Å²) in [5.41, 5.74) is 3.45. The molecule has 1 heterocycles. The summed E-state index contributed by atoms with van der Waals surface area (Å²) in [4.78, 5) is 0. The van der Waals surface area contributed by atoms with Gasteiger partial charge < -0.3 is 10.6 Å². The molecule has 0 radical (unpaired) electrons. The monoisotopic (exact) mass is 314 g/mol. The highest BCUT2D eigenvalue weighted by atomic mass is 32.1. The van der Waals surface area contributed by atoms with Crippen LogP contribution in [-0.4, -0.2) is 20.9 Å². The van der Waals surface area contributed by atoms with Gasteiger partial charge in [0.05, 0.1) is 18.4 Å². The Hall–Kier alpha value is -1.88. The van der Waals surface area contributed by atoms with E-state index < -0.39 is 0 Å². The van der Waals surface area contributed by atoms with E-state index in [1.807, 2.05) is 17.1 Å². The summed E-state index contributed by atoms with van der Waals surface area (Å²) in [6.07, 6.45) is 8.84. The smallest absolute Gasteiger partial charge is 0.171 e. The Kier molecular flexibility index (Phi) is 4.73. The van der Waals surface area contributed by atoms with Crippen LogP contribution in [0.2, 0.25) is 0 Å². The Balaban J connectivity index is 1.54. The second-order valence-electron chi connectivity index (χ2n) is 5.99. The maximum absolute atomic E-state index is 5.37. The van der Waals surface area contributed by atoms with Gasteiger partial charge in [0, 0.05) is 12.2 Å². The van der Waals surface area contributed by atoms with E-state index in [4.69, 9.17) is 12.2 Å². The molecule has 0 atom stereocenters. The van der Waals surface area contributed by atoms with Crippen LogP contribution in [0.4, 0.5) is 5.69 Å². The van der Waals surface area contributed by atoms with Gasteiger partial charge in [-0.1, -0.05) is 42.7 Å². The fourth-order valence-electron chi connectivity index (χ4n) is 2.82. The Labute approximate surface area is 136 Å². The van der Waals surface area contributed by atoms with Crippen LogP contribution in [0, 0.1) is 6.92 Å². The molecule has 22 heavy (non-hydrogen) atoms. The lowest BCUT2D eigenvalue weighted by atomic mass is 10.1. The van der Waals surface area contributed by atoms with Crippen LogP contribution < -0.4 is 10.6 Å². The third kappa shape index (κ3) is 4.07. The summed E-state index contributed by atoms with van der Waals surface area (Å²) in [6.45, 7) is 2.86. The van der Waals surface area contributed by atoms with Gasteiger partial charge in [-0.2, -0.15) is 5.10 Å². The van der Waals surface area contributed by atoms with Gasteiger partial charge in [0.1, 0.15) is 0 Å². The van der Waals surface area contributed by atoms with Gasteiger partial charge in [-0.05, 0) is 37.5 Å². The SMILES string of the molecule is Cc1ccc(Cn2cc(NC(=S)NC3CCCC3)cn2)cc1. The van der Waals surface area contributed by atoms with Gasteiger partial charge in [0.2, 0.25) is 0 Å². The van der Waals surface area contributed by atoms with Gasteiger partial charge in [-0.25, -0.2) is 0 Å². The Morgan fingerprint density at radius 3 is 2.73 bits per heavy atom. The van der Waals surface area contributed by atoms with E-state index >= 15 is 0 Å². The van der Waals surface area contributed by atoms with Crippen LogP contribution in [0.15, 0.2) is 36.7 Å². The van der Waals surface area contributed by atoms with Crippen LogP contribution in [-0.2, 0) is 6.54 Å². The third-order valence-electron chi connectivity index (χ3n) is 4.05. The highest BCUT2D eigenvalue weighted by Gasteiger charge is 2.15. The maximum Gasteiger partial charge on any atom is 0.171 e. The molecule has 0 saturated heterocycles. The Morgan fingerprint density at radius 1 is 1.27 bits per heavy atom. The van der Waals surface area contributed by atoms with Gasteiger partial charge in [-0.3, -0.25) is 4.68 Å². The Morgan fingerprint density at radius 2 is 2.00 bits per heavy atom. The highest BCUT2D eigenvalue weighted by Crippen LogP contribution is 2.18. The standard InChI is InChI=1S/C17H22N4S/c1-13-6-8-14(9-7-13)11-21-12-16(10-18-21)20-17(22)19-15-4-2-3-5-15/h6-10,12,15H,2-5,11H2,1H3,(H2,19,20,22). The number of anilines is 1. The predicted molar refractivity (Wildman–Crippen MR) is 94.1 cm³/mol. The number of nitrogens with one attached hydrogen (secondary N) is 2.